The molecule has 0 fully saturated rings. The van der Waals surface area contributed by atoms with Crippen molar-refractivity contribution in [2.45, 2.75) is 6.92 Å². The van der Waals surface area contributed by atoms with Gasteiger partial charge in [0, 0.05) is 5.02 Å². The number of aryl methyl sites for hydroxylation is 1. The van der Waals surface area contributed by atoms with Crippen molar-refractivity contribution >= 4 is 22.6 Å². The minimum Gasteiger partial charge on any atom is -0.316 e. The first kappa shape index (κ1) is 9.02. The van der Waals surface area contributed by atoms with Crippen molar-refractivity contribution in [2.24, 2.45) is 0 Å². The van der Waals surface area contributed by atoms with Gasteiger partial charge in [0.25, 0.3) is 0 Å². The monoisotopic (exact) mass is 210 g/mol. The molecule has 1 heterocycles. The topological polar surface area (TPSA) is 65.7 Å². The van der Waals surface area contributed by atoms with E-state index in [0.717, 1.165) is 5.56 Å². The van der Waals surface area contributed by atoms with Gasteiger partial charge in [-0.1, -0.05) is 11.6 Å². The number of hydrogen-bond donors (Lipinski definition) is 2. The van der Waals surface area contributed by atoms with Crippen LogP contribution >= 0.6 is 11.6 Å². The molecule has 0 atom stereocenters. The second-order valence-electron chi connectivity index (χ2n) is 3.05. The second kappa shape index (κ2) is 2.99. The zero-order valence-electron chi connectivity index (χ0n) is 7.35. The summed E-state index contributed by atoms with van der Waals surface area (Å²) < 4.78 is 0. The predicted octanol–water partition coefficient (Wildman–Crippen LogP) is 1.18. The third kappa shape index (κ3) is 1.33. The fourth-order valence-corrected chi connectivity index (χ4v) is 1.63. The Hall–Kier alpha value is -1.55. The van der Waals surface area contributed by atoms with E-state index in [9.17, 15) is 9.59 Å². The molecule has 72 valence electrons. The number of H-pyrrole nitrogens is 2. The van der Waals surface area contributed by atoms with E-state index < -0.39 is 11.1 Å². The van der Waals surface area contributed by atoms with Gasteiger partial charge in [-0.15, -0.1) is 0 Å². The molecule has 0 saturated heterocycles. The molecule has 4 nitrogen and oxygen atoms in total. The summed E-state index contributed by atoms with van der Waals surface area (Å²) >= 11 is 5.80. The second-order valence-corrected chi connectivity index (χ2v) is 3.49. The molecule has 14 heavy (non-hydrogen) atoms. The fraction of sp³-hybridized carbons (Fsp3) is 0.111. The average molecular weight is 211 g/mol. The summed E-state index contributed by atoms with van der Waals surface area (Å²) in [6, 6.07) is 3.32. The highest BCUT2D eigenvalue weighted by molar-refractivity contribution is 6.31. The van der Waals surface area contributed by atoms with Crippen LogP contribution < -0.4 is 11.1 Å². The zero-order chi connectivity index (χ0) is 10.3. The molecular weight excluding hydrogens is 204 g/mol. The molecule has 0 aliphatic rings. The molecule has 0 aliphatic carbocycles. The van der Waals surface area contributed by atoms with Crippen LogP contribution in [0.3, 0.4) is 0 Å². The highest BCUT2D eigenvalue weighted by atomic mass is 35.5. The number of aromatic amines is 2. The van der Waals surface area contributed by atoms with E-state index in [1.165, 1.54) is 0 Å². The molecule has 0 bridgehead atoms. The van der Waals surface area contributed by atoms with Crippen LogP contribution in [0.4, 0.5) is 0 Å². The van der Waals surface area contributed by atoms with Crippen molar-refractivity contribution < 1.29 is 0 Å². The van der Waals surface area contributed by atoms with Gasteiger partial charge in [0.05, 0.1) is 11.0 Å². The summed E-state index contributed by atoms with van der Waals surface area (Å²) in [6.45, 7) is 1.81. The molecule has 0 unspecified atom stereocenters. The summed E-state index contributed by atoms with van der Waals surface area (Å²) in [5.74, 6) is 0. The molecule has 0 aliphatic heterocycles. The Balaban J connectivity index is 3.03. The Bertz CT molecular complexity index is 612. The first-order valence-electron chi connectivity index (χ1n) is 4.00. The highest BCUT2D eigenvalue weighted by Gasteiger charge is 2.03. The minimum absolute atomic E-state index is 0.526. The Kier molecular flexibility index (Phi) is 1.93. The summed E-state index contributed by atoms with van der Waals surface area (Å²) in [7, 11) is 0. The Morgan fingerprint density at radius 3 is 2.50 bits per heavy atom. The molecule has 2 rings (SSSR count). The van der Waals surface area contributed by atoms with Crippen LogP contribution in [0.25, 0.3) is 11.0 Å². The molecule has 1 aromatic heterocycles. The number of rotatable bonds is 0. The van der Waals surface area contributed by atoms with Crippen molar-refractivity contribution in [3.8, 4) is 0 Å². The van der Waals surface area contributed by atoms with Crippen LogP contribution in [0.2, 0.25) is 5.02 Å². The SMILES string of the molecule is Cc1cc(Cl)cc2[nH]c(=O)c(=O)[nH]c12. The third-order valence-electron chi connectivity index (χ3n) is 1.99. The van der Waals surface area contributed by atoms with Crippen LogP contribution in [-0.2, 0) is 0 Å². The minimum atomic E-state index is -0.667. The van der Waals surface area contributed by atoms with Crippen molar-refractivity contribution in [1.82, 2.24) is 9.97 Å². The maximum absolute atomic E-state index is 11.0. The summed E-state index contributed by atoms with van der Waals surface area (Å²) in [4.78, 5) is 27.0. The molecule has 0 amide bonds. The number of fused-ring (bicyclic) bond motifs is 1. The van der Waals surface area contributed by atoms with E-state index in [4.69, 9.17) is 11.6 Å². The van der Waals surface area contributed by atoms with E-state index in [2.05, 4.69) is 9.97 Å². The molecule has 5 heteroatoms. The first-order chi connectivity index (χ1) is 6.58. The van der Waals surface area contributed by atoms with E-state index in [0.29, 0.717) is 16.1 Å². The van der Waals surface area contributed by atoms with Crippen LogP contribution in [0.15, 0.2) is 21.7 Å². The number of benzene rings is 1. The van der Waals surface area contributed by atoms with Crippen molar-refractivity contribution in [3.63, 3.8) is 0 Å². The quantitative estimate of drug-likeness (QED) is 0.642. The standard InChI is InChI=1S/C9H7ClN2O2/c1-4-2-5(10)3-6-7(4)12-9(14)8(13)11-6/h2-3H,1H3,(H,11,13)(H,12,14). The van der Waals surface area contributed by atoms with E-state index in [-0.39, 0.29) is 0 Å². The van der Waals surface area contributed by atoms with Crippen LogP contribution in [0.5, 0.6) is 0 Å². The lowest BCUT2D eigenvalue weighted by atomic mass is 10.2. The van der Waals surface area contributed by atoms with Gasteiger partial charge in [-0.2, -0.15) is 0 Å². The number of halogens is 1. The van der Waals surface area contributed by atoms with Gasteiger partial charge in [0.2, 0.25) is 0 Å². The largest absolute Gasteiger partial charge is 0.316 e. The van der Waals surface area contributed by atoms with Gasteiger partial charge < -0.3 is 9.97 Å². The van der Waals surface area contributed by atoms with Crippen molar-refractivity contribution in [3.05, 3.63) is 43.4 Å². The van der Waals surface area contributed by atoms with Crippen LogP contribution in [0, 0.1) is 6.92 Å². The van der Waals surface area contributed by atoms with Crippen molar-refractivity contribution in [2.75, 3.05) is 0 Å². The Morgan fingerprint density at radius 2 is 1.79 bits per heavy atom. The lowest BCUT2D eigenvalue weighted by Crippen LogP contribution is -2.29. The Morgan fingerprint density at radius 1 is 1.14 bits per heavy atom. The maximum Gasteiger partial charge on any atom is 0.314 e. The number of hydrogen-bond acceptors (Lipinski definition) is 2. The van der Waals surface area contributed by atoms with Gasteiger partial charge >= 0.3 is 11.1 Å². The summed E-state index contributed by atoms with van der Waals surface area (Å²) in [6.07, 6.45) is 0. The zero-order valence-corrected chi connectivity index (χ0v) is 8.11. The van der Waals surface area contributed by atoms with Gasteiger partial charge in [-0.05, 0) is 24.6 Å². The van der Waals surface area contributed by atoms with E-state index in [1.807, 2.05) is 6.92 Å². The number of aromatic nitrogens is 2. The molecule has 1 aromatic carbocycles. The van der Waals surface area contributed by atoms with Crippen molar-refractivity contribution in [1.29, 1.82) is 0 Å². The Labute approximate surface area is 83.5 Å². The molecular formula is C9H7ClN2O2. The van der Waals surface area contributed by atoms with Crippen LogP contribution in [-0.4, -0.2) is 9.97 Å². The maximum atomic E-state index is 11.0. The lowest BCUT2D eigenvalue weighted by Gasteiger charge is -2.01. The average Bonchev–Trinajstić information content (AvgIpc) is 2.08. The smallest absolute Gasteiger partial charge is 0.314 e. The molecule has 2 aromatic rings. The fourth-order valence-electron chi connectivity index (χ4n) is 1.36. The third-order valence-corrected chi connectivity index (χ3v) is 2.21. The van der Waals surface area contributed by atoms with Gasteiger partial charge in [-0.25, -0.2) is 0 Å². The highest BCUT2D eigenvalue weighted by Crippen LogP contribution is 2.18. The van der Waals surface area contributed by atoms with Gasteiger partial charge in [0.1, 0.15) is 0 Å². The summed E-state index contributed by atoms with van der Waals surface area (Å²) in [5, 5.41) is 0.526. The van der Waals surface area contributed by atoms with E-state index >= 15 is 0 Å². The first-order valence-corrected chi connectivity index (χ1v) is 4.38. The number of nitrogens with one attached hydrogen (secondary N) is 2. The molecule has 0 saturated carbocycles. The van der Waals surface area contributed by atoms with Crippen LogP contribution in [0.1, 0.15) is 5.56 Å². The van der Waals surface area contributed by atoms with Gasteiger partial charge in [-0.3, -0.25) is 9.59 Å². The molecule has 0 radical (unpaired) electrons. The van der Waals surface area contributed by atoms with E-state index in [1.54, 1.807) is 12.1 Å². The molecule has 0 spiro atoms. The van der Waals surface area contributed by atoms with Gasteiger partial charge in [0.15, 0.2) is 0 Å². The lowest BCUT2D eigenvalue weighted by molar-refractivity contribution is 1.14. The normalized spacial score (nSPS) is 10.7. The predicted molar refractivity (Wildman–Crippen MR) is 54.9 cm³/mol. The molecule has 2 N–H and O–H groups in total. The summed E-state index contributed by atoms with van der Waals surface area (Å²) in [5.41, 5.74) is 0.654.